The highest BCUT2D eigenvalue weighted by Crippen LogP contribution is 2.33. The summed E-state index contributed by atoms with van der Waals surface area (Å²) in [5.41, 5.74) is 2.30. The number of nitrogens with one attached hydrogen (secondary N) is 2. The summed E-state index contributed by atoms with van der Waals surface area (Å²) in [6, 6.07) is 8.26. The van der Waals surface area contributed by atoms with Crippen LogP contribution >= 0.6 is 0 Å². The average Bonchev–Trinajstić information content (AvgIpc) is 2.74. The summed E-state index contributed by atoms with van der Waals surface area (Å²) in [4.78, 5) is 18.4. The fraction of sp³-hybridized carbons (Fsp3) is 0.667. The maximum absolute atomic E-state index is 12.1. The SMILES string of the molecule is CN=C(NCc1ccc(N2CCCCC2=O)cc1)NCC1CCCOC1C(C)(C)C. The highest BCUT2D eigenvalue weighted by Gasteiger charge is 2.35. The summed E-state index contributed by atoms with van der Waals surface area (Å²) in [5.74, 6) is 1.53. The van der Waals surface area contributed by atoms with E-state index in [0.29, 0.717) is 18.9 Å². The summed E-state index contributed by atoms with van der Waals surface area (Å²) in [7, 11) is 1.80. The molecule has 6 nitrogen and oxygen atoms in total. The number of anilines is 1. The zero-order chi connectivity index (χ0) is 21.6. The largest absolute Gasteiger partial charge is 0.377 e. The van der Waals surface area contributed by atoms with E-state index < -0.39 is 0 Å². The highest BCUT2D eigenvalue weighted by atomic mass is 16.5. The quantitative estimate of drug-likeness (QED) is 0.569. The van der Waals surface area contributed by atoms with Gasteiger partial charge in [-0.05, 0) is 48.8 Å². The van der Waals surface area contributed by atoms with Crippen molar-refractivity contribution in [2.45, 2.75) is 65.5 Å². The number of benzene rings is 1. The minimum atomic E-state index is 0.140. The van der Waals surface area contributed by atoms with E-state index in [4.69, 9.17) is 4.74 Å². The Hall–Kier alpha value is -2.08. The molecule has 2 saturated heterocycles. The van der Waals surface area contributed by atoms with Crippen LogP contribution < -0.4 is 15.5 Å². The molecule has 3 rings (SSSR count). The van der Waals surface area contributed by atoms with Gasteiger partial charge < -0.3 is 20.3 Å². The lowest BCUT2D eigenvalue weighted by atomic mass is 9.78. The van der Waals surface area contributed by atoms with Crippen LogP contribution in [0.3, 0.4) is 0 Å². The molecule has 2 aliphatic rings. The van der Waals surface area contributed by atoms with Crippen molar-refractivity contribution in [3.8, 4) is 0 Å². The topological polar surface area (TPSA) is 66.0 Å². The van der Waals surface area contributed by atoms with Gasteiger partial charge in [-0.3, -0.25) is 9.79 Å². The fourth-order valence-electron chi connectivity index (χ4n) is 4.52. The number of nitrogens with zero attached hydrogens (tertiary/aromatic N) is 2. The smallest absolute Gasteiger partial charge is 0.226 e. The zero-order valence-electron chi connectivity index (χ0n) is 19.0. The van der Waals surface area contributed by atoms with Crippen LogP contribution in [0.5, 0.6) is 0 Å². The number of hydrogen-bond acceptors (Lipinski definition) is 3. The molecule has 1 amide bonds. The highest BCUT2D eigenvalue weighted by molar-refractivity contribution is 5.93. The number of guanidine groups is 1. The summed E-state index contributed by atoms with van der Waals surface area (Å²) in [6.07, 6.45) is 5.32. The number of hydrogen-bond donors (Lipinski definition) is 2. The first kappa shape index (κ1) is 22.6. The van der Waals surface area contributed by atoms with Crippen molar-refractivity contribution >= 4 is 17.6 Å². The van der Waals surface area contributed by atoms with E-state index in [0.717, 1.165) is 50.6 Å². The van der Waals surface area contributed by atoms with E-state index in [1.54, 1.807) is 7.05 Å². The van der Waals surface area contributed by atoms with Crippen molar-refractivity contribution in [2.24, 2.45) is 16.3 Å². The lowest BCUT2D eigenvalue weighted by molar-refractivity contribution is -0.119. The molecule has 0 radical (unpaired) electrons. The standard InChI is InChI=1S/C24H38N4O2/c1-24(2,3)22-19(8-7-15-30-22)17-27-23(25-4)26-16-18-10-12-20(13-11-18)28-14-6-5-9-21(28)29/h10-13,19,22H,5-9,14-17H2,1-4H3,(H2,25,26,27). The molecule has 2 aliphatic heterocycles. The second-order valence-electron chi connectivity index (χ2n) is 9.54. The molecule has 6 heteroatoms. The number of carbonyl (C=O) groups excluding carboxylic acids is 1. The Morgan fingerprint density at radius 2 is 1.93 bits per heavy atom. The minimum absolute atomic E-state index is 0.140. The molecule has 2 atom stereocenters. The van der Waals surface area contributed by atoms with Gasteiger partial charge in [0.15, 0.2) is 5.96 Å². The van der Waals surface area contributed by atoms with E-state index in [9.17, 15) is 4.79 Å². The van der Waals surface area contributed by atoms with Gasteiger partial charge >= 0.3 is 0 Å². The van der Waals surface area contributed by atoms with Gasteiger partial charge in [-0.1, -0.05) is 32.9 Å². The monoisotopic (exact) mass is 414 g/mol. The molecule has 0 bridgehead atoms. The first-order chi connectivity index (χ1) is 14.4. The number of rotatable bonds is 5. The van der Waals surface area contributed by atoms with E-state index in [1.807, 2.05) is 17.0 Å². The Bertz CT molecular complexity index is 724. The van der Waals surface area contributed by atoms with Crippen LogP contribution in [0.1, 0.15) is 58.4 Å². The van der Waals surface area contributed by atoms with Gasteiger partial charge in [0.25, 0.3) is 0 Å². The third kappa shape index (κ3) is 5.97. The summed E-state index contributed by atoms with van der Waals surface area (Å²) < 4.78 is 6.09. The predicted octanol–water partition coefficient (Wildman–Crippen LogP) is 3.71. The van der Waals surface area contributed by atoms with Crippen LogP contribution in [0, 0.1) is 11.3 Å². The molecule has 2 N–H and O–H groups in total. The van der Waals surface area contributed by atoms with Crippen molar-refractivity contribution in [1.82, 2.24) is 10.6 Å². The maximum atomic E-state index is 12.1. The van der Waals surface area contributed by atoms with E-state index in [2.05, 4.69) is 48.5 Å². The number of carbonyl (C=O) groups is 1. The number of aliphatic imine (C=N–C) groups is 1. The van der Waals surface area contributed by atoms with Crippen molar-refractivity contribution in [3.63, 3.8) is 0 Å². The van der Waals surface area contributed by atoms with E-state index in [-0.39, 0.29) is 17.4 Å². The molecule has 0 aromatic heterocycles. The second-order valence-corrected chi connectivity index (χ2v) is 9.54. The number of piperidine rings is 1. The normalized spacial score (nSPS) is 23.4. The molecule has 0 saturated carbocycles. The third-order valence-corrected chi connectivity index (χ3v) is 6.09. The van der Waals surface area contributed by atoms with Crippen LogP contribution in [-0.4, -0.2) is 44.7 Å². The molecule has 166 valence electrons. The van der Waals surface area contributed by atoms with Gasteiger partial charge in [-0.25, -0.2) is 0 Å². The third-order valence-electron chi connectivity index (χ3n) is 6.09. The first-order valence-corrected chi connectivity index (χ1v) is 11.3. The Morgan fingerprint density at radius 3 is 2.60 bits per heavy atom. The summed E-state index contributed by atoms with van der Waals surface area (Å²) in [5, 5.41) is 6.89. The second kappa shape index (κ2) is 10.3. The molecule has 30 heavy (non-hydrogen) atoms. The number of ether oxygens (including phenoxy) is 1. The van der Waals surface area contributed by atoms with Gasteiger partial charge in [0, 0.05) is 51.3 Å². The summed E-state index contributed by atoms with van der Waals surface area (Å²) >= 11 is 0. The van der Waals surface area contributed by atoms with Crippen molar-refractivity contribution in [2.75, 3.05) is 31.6 Å². The van der Waals surface area contributed by atoms with Crippen LogP contribution in [0.15, 0.2) is 29.3 Å². The molecule has 2 fully saturated rings. The zero-order valence-corrected chi connectivity index (χ0v) is 19.0. The molecule has 1 aromatic rings. The fourth-order valence-corrected chi connectivity index (χ4v) is 4.52. The summed E-state index contributed by atoms with van der Waals surface area (Å²) in [6.45, 7) is 10.0. The van der Waals surface area contributed by atoms with Crippen molar-refractivity contribution in [1.29, 1.82) is 0 Å². The molecular weight excluding hydrogens is 376 g/mol. The molecule has 1 aromatic carbocycles. The minimum Gasteiger partial charge on any atom is -0.377 e. The van der Waals surface area contributed by atoms with Gasteiger partial charge in [0.2, 0.25) is 5.91 Å². The van der Waals surface area contributed by atoms with Crippen LogP contribution in [-0.2, 0) is 16.1 Å². The Labute approximate surface area is 181 Å². The van der Waals surface area contributed by atoms with Crippen LogP contribution in [0.2, 0.25) is 0 Å². The Kier molecular flexibility index (Phi) is 7.75. The van der Waals surface area contributed by atoms with Crippen molar-refractivity contribution in [3.05, 3.63) is 29.8 Å². The Morgan fingerprint density at radius 1 is 1.17 bits per heavy atom. The van der Waals surface area contributed by atoms with Gasteiger partial charge in [0.1, 0.15) is 0 Å². The van der Waals surface area contributed by atoms with E-state index in [1.165, 1.54) is 12.0 Å². The van der Waals surface area contributed by atoms with Crippen LogP contribution in [0.4, 0.5) is 5.69 Å². The molecule has 0 aliphatic carbocycles. The molecule has 2 unspecified atom stereocenters. The van der Waals surface area contributed by atoms with Gasteiger partial charge in [-0.2, -0.15) is 0 Å². The molecular formula is C24H38N4O2. The maximum Gasteiger partial charge on any atom is 0.226 e. The molecule has 0 spiro atoms. The van der Waals surface area contributed by atoms with Crippen molar-refractivity contribution < 1.29 is 9.53 Å². The number of amides is 1. The molecule has 2 heterocycles. The average molecular weight is 415 g/mol. The Balaban J connectivity index is 1.50. The first-order valence-electron chi connectivity index (χ1n) is 11.3. The lowest BCUT2D eigenvalue weighted by Gasteiger charge is -2.40. The lowest BCUT2D eigenvalue weighted by Crippen LogP contribution is -2.47. The van der Waals surface area contributed by atoms with E-state index >= 15 is 0 Å². The predicted molar refractivity (Wildman–Crippen MR) is 123 cm³/mol. The van der Waals surface area contributed by atoms with Gasteiger partial charge in [-0.15, -0.1) is 0 Å². The van der Waals surface area contributed by atoms with Gasteiger partial charge in [0.05, 0.1) is 6.10 Å². The van der Waals surface area contributed by atoms with Crippen LogP contribution in [0.25, 0.3) is 0 Å².